The maximum Gasteiger partial charge on any atom is 0.234 e. The van der Waals surface area contributed by atoms with Crippen LogP contribution in [0.25, 0.3) is 11.0 Å². The van der Waals surface area contributed by atoms with Gasteiger partial charge in [-0.05, 0) is 49.2 Å². The molecule has 2 aromatic heterocycles. The monoisotopic (exact) mass is 365 g/mol. The van der Waals surface area contributed by atoms with E-state index in [2.05, 4.69) is 47.1 Å². The smallest absolute Gasteiger partial charge is 0.234 e. The minimum absolute atomic E-state index is 0.0169. The number of H-pyrrole nitrogens is 1. The SMILES string of the molecule is Cc1ccc2nc([C@H](NC(=O)CN(C)Cc3cccnc3)C(C)C)[nH]c2c1. The molecule has 0 unspecified atom stereocenters. The predicted molar refractivity (Wildman–Crippen MR) is 107 cm³/mol. The molecule has 1 atom stereocenters. The highest BCUT2D eigenvalue weighted by atomic mass is 16.2. The normalized spacial score (nSPS) is 12.7. The van der Waals surface area contributed by atoms with Crippen molar-refractivity contribution in [2.24, 2.45) is 5.92 Å². The van der Waals surface area contributed by atoms with E-state index in [0.717, 1.165) is 22.4 Å². The van der Waals surface area contributed by atoms with Crippen molar-refractivity contribution in [3.05, 3.63) is 59.7 Å². The van der Waals surface area contributed by atoms with Crippen molar-refractivity contribution in [1.29, 1.82) is 0 Å². The van der Waals surface area contributed by atoms with Crippen LogP contribution in [0.3, 0.4) is 0 Å². The van der Waals surface area contributed by atoms with E-state index in [1.54, 1.807) is 6.20 Å². The first kappa shape index (κ1) is 19.0. The number of aromatic amines is 1. The molecule has 27 heavy (non-hydrogen) atoms. The summed E-state index contributed by atoms with van der Waals surface area (Å²) >= 11 is 0. The Labute approximate surface area is 160 Å². The molecule has 142 valence electrons. The summed E-state index contributed by atoms with van der Waals surface area (Å²) < 4.78 is 0. The third-order valence-electron chi connectivity index (χ3n) is 4.52. The van der Waals surface area contributed by atoms with E-state index in [0.29, 0.717) is 13.1 Å². The first-order valence-corrected chi connectivity index (χ1v) is 9.25. The summed E-state index contributed by atoms with van der Waals surface area (Å²) in [5.74, 6) is 1.00. The molecule has 0 spiro atoms. The highest BCUT2D eigenvalue weighted by Crippen LogP contribution is 2.22. The van der Waals surface area contributed by atoms with Gasteiger partial charge in [-0.2, -0.15) is 0 Å². The standard InChI is InChI=1S/C21H27N5O/c1-14(2)20(21-23-17-8-7-15(3)10-18(17)24-21)25-19(27)13-26(4)12-16-6-5-9-22-11-16/h5-11,14,20H,12-13H2,1-4H3,(H,23,24)(H,25,27)/t20-/m1/s1. The number of imidazole rings is 1. The number of aryl methyl sites for hydroxylation is 1. The van der Waals surface area contributed by atoms with Crippen LogP contribution in [-0.4, -0.2) is 39.4 Å². The summed E-state index contributed by atoms with van der Waals surface area (Å²) in [5, 5.41) is 3.14. The number of rotatable bonds is 7. The highest BCUT2D eigenvalue weighted by Gasteiger charge is 2.22. The van der Waals surface area contributed by atoms with E-state index in [1.807, 2.05) is 42.4 Å². The van der Waals surface area contributed by atoms with Crippen molar-refractivity contribution in [1.82, 2.24) is 25.2 Å². The van der Waals surface area contributed by atoms with Gasteiger partial charge in [0, 0.05) is 18.9 Å². The molecule has 0 saturated carbocycles. The lowest BCUT2D eigenvalue weighted by molar-refractivity contribution is -0.123. The number of pyridine rings is 1. The molecule has 0 aliphatic rings. The van der Waals surface area contributed by atoms with Gasteiger partial charge in [0.1, 0.15) is 5.82 Å². The third kappa shape index (κ3) is 4.92. The Morgan fingerprint density at radius 1 is 1.30 bits per heavy atom. The van der Waals surface area contributed by atoms with Crippen molar-refractivity contribution in [3.8, 4) is 0 Å². The van der Waals surface area contributed by atoms with Crippen LogP contribution in [0.5, 0.6) is 0 Å². The molecule has 2 N–H and O–H groups in total. The summed E-state index contributed by atoms with van der Waals surface area (Å²) in [4.78, 5) is 26.7. The van der Waals surface area contributed by atoms with Gasteiger partial charge in [0.05, 0.1) is 23.6 Å². The summed E-state index contributed by atoms with van der Waals surface area (Å²) in [6.45, 7) is 7.22. The number of aromatic nitrogens is 3. The van der Waals surface area contributed by atoms with Crippen LogP contribution in [0, 0.1) is 12.8 Å². The third-order valence-corrected chi connectivity index (χ3v) is 4.52. The van der Waals surface area contributed by atoms with Crippen LogP contribution >= 0.6 is 0 Å². The Morgan fingerprint density at radius 3 is 2.81 bits per heavy atom. The van der Waals surface area contributed by atoms with Gasteiger partial charge in [-0.3, -0.25) is 14.7 Å². The molecule has 0 bridgehead atoms. The van der Waals surface area contributed by atoms with Crippen LogP contribution in [0.15, 0.2) is 42.7 Å². The quantitative estimate of drug-likeness (QED) is 0.674. The maximum atomic E-state index is 12.6. The number of carbonyl (C=O) groups excluding carboxylic acids is 1. The Morgan fingerprint density at radius 2 is 2.11 bits per heavy atom. The van der Waals surface area contributed by atoms with Gasteiger partial charge >= 0.3 is 0 Å². The number of fused-ring (bicyclic) bond motifs is 1. The molecule has 3 rings (SSSR count). The van der Waals surface area contributed by atoms with E-state index in [9.17, 15) is 4.79 Å². The van der Waals surface area contributed by atoms with E-state index in [4.69, 9.17) is 0 Å². The number of amides is 1. The number of hydrogen-bond donors (Lipinski definition) is 2. The second kappa shape index (κ2) is 8.31. The van der Waals surface area contributed by atoms with Gasteiger partial charge in [-0.15, -0.1) is 0 Å². The molecule has 0 saturated heterocycles. The van der Waals surface area contributed by atoms with Crippen molar-refractivity contribution in [2.45, 2.75) is 33.4 Å². The zero-order valence-electron chi connectivity index (χ0n) is 16.4. The number of benzene rings is 1. The number of hydrogen-bond acceptors (Lipinski definition) is 4. The minimum Gasteiger partial charge on any atom is -0.345 e. The Bertz CT molecular complexity index is 903. The van der Waals surface area contributed by atoms with Gasteiger partial charge in [0.25, 0.3) is 0 Å². The van der Waals surface area contributed by atoms with E-state index in [-0.39, 0.29) is 17.9 Å². The molecule has 0 radical (unpaired) electrons. The first-order chi connectivity index (χ1) is 12.9. The topological polar surface area (TPSA) is 73.9 Å². The zero-order chi connectivity index (χ0) is 19.4. The molecular weight excluding hydrogens is 338 g/mol. The predicted octanol–water partition coefficient (Wildman–Crippen LogP) is 3.21. The number of likely N-dealkylation sites (N-methyl/N-ethyl adjacent to an activating group) is 1. The summed E-state index contributed by atoms with van der Waals surface area (Å²) in [5.41, 5.74) is 4.18. The second-order valence-electron chi connectivity index (χ2n) is 7.47. The minimum atomic E-state index is -0.156. The second-order valence-corrected chi connectivity index (χ2v) is 7.47. The molecular formula is C21H27N5O. The van der Waals surface area contributed by atoms with Crippen molar-refractivity contribution < 1.29 is 4.79 Å². The van der Waals surface area contributed by atoms with Crippen molar-refractivity contribution in [3.63, 3.8) is 0 Å². The van der Waals surface area contributed by atoms with E-state index >= 15 is 0 Å². The lowest BCUT2D eigenvalue weighted by Gasteiger charge is -2.22. The molecule has 3 aromatic rings. The molecule has 0 aliphatic heterocycles. The molecule has 0 fully saturated rings. The van der Waals surface area contributed by atoms with Gasteiger partial charge in [0.15, 0.2) is 0 Å². The summed E-state index contributed by atoms with van der Waals surface area (Å²) in [7, 11) is 1.93. The lowest BCUT2D eigenvalue weighted by atomic mass is 10.0. The molecule has 1 amide bonds. The summed E-state index contributed by atoms with van der Waals surface area (Å²) in [6.07, 6.45) is 3.57. The summed E-state index contributed by atoms with van der Waals surface area (Å²) in [6, 6.07) is 9.88. The maximum absolute atomic E-state index is 12.6. The highest BCUT2D eigenvalue weighted by molar-refractivity contribution is 5.79. The molecule has 0 aliphatic carbocycles. The fraction of sp³-hybridized carbons (Fsp3) is 0.381. The lowest BCUT2D eigenvalue weighted by Crippen LogP contribution is -2.39. The van der Waals surface area contributed by atoms with E-state index < -0.39 is 0 Å². The van der Waals surface area contributed by atoms with Gasteiger partial charge in [-0.25, -0.2) is 4.98 Å². The van der Waals surface area contributed by atoms with Crippen LogP contribution < -0.4 is 5.32 Å². The Balaban J connectivity index is 1.67. The fourth-order valence-electron chi connectivity index (χ4n) is 3.16. The Hall–Kier alpha value is -2.73. The average Bonchev–Trinajstić information content (AvgIpc) is 3.02. The van der Waals surface area contributed by atoms with Crippen molar-refractivity contribution >= 4 is 16.9 Å². The van der Waals surface area contributed by atoms with Gasteiger partial charge in [0.2, 0.25) is 5.91 Å². The van der Waals surface area contributed by atoms with Crippen LogP contribution in [0.4, 0.5) is 0 Å². The number of carbonyl (C=O) groups is 1. The Kier molecular flexibility index (Phi) is 5.86. The fourth-order valence-corrected chi connectivity index (χ4v) is 3.16. The van der Waals surface area contributed by atoms with Crippen LogP contribution in [0.1, 0.15) is 36.8 Å². The van der Waals surface area contributed by atoms with Gasteiger partial charge < -0.3 is 10.3 Å². The van der Waals surface area contributed by atoms with Crippen LogP contribution in [0.2, 0.25) is 0 Å². The molecule has 6 heteroatoms. The van der Waals surface area contributed by atoms with Crippen LogP contribution in [-0.2, 0) is 11.3 Å². The zero-order valence-corrected chi connectivity index (χ0v) is 16.4. The van der Waals surface area contributed by atoms with Gasteiger partial charge in [-0.1, -0.05) is 26.0 Å². The molecule has 2 heterocycles. The first-order valence-electron chi connectivity index (χ1n) is 9.25. The molecule has 6 nitrogen and oxygen atoms in total. The number of nitrogens with one attached hydrogen (secondary N) is 2. The largest absolute Gasteiger partial charge is 0.345 e. The number of nitrogens with zero attached hydrogens (tertiary/aromatic N) is 3. The molecule has 1 aromatic carbocycles. The van der Waals surface area contributed by atoms with Crippen molar-refractivity contribution in [2.75, 3.05) is 13.6 Å². The average molecular weight is 365 g/mol. The van der Waals surface area contributed by atoms with E-state index in [1.165, 1.54) is 5.56 Å².